The lowest BCUT2D eigenvalue weighted by Gasteiger charge is -2.02. The fourth-order valence-corrected chi connectivity index (χ4v) is 3.32. The molecule has 5 nitrogen and oxygen atoms in total. The highest BCUT2D eigenvalue weighted by molar-refractivity contribution is 9.10. The number of imidazole rings is 1. The fraction of sp³-hybridized carbons (Fsp3) is 0. The molecule has 3 aromatic carbocycles. The molecular weight excluding hydrogens is 406 g/mol. The number of benzene rings is 3. The Kier molecular flexibility index (Phi) is 4.56. The van der Waals surface area contributed by atoms with E-state index in [1.54, 1.807) is 12.1 Å². The molecule has 1 heterocycles. The predicted molar refractivity (Wildman–Crippen MR) is 109 cm³/mol. The lowest BCUT2D eigenvalue weighted by molar-refractivity contribution is -0.385. The summed E-state index contributed by atoms with van der Waals surface area (Å²) in [6.07, 6.45) is 0. The molecule has 6 heteroatoms. The summed E-state index contributed by atoms with van der Waals surface area (Å²) in [4.78, 5) is 19.0. The second kappa shape index (κ2) is 7.17. The highest BCUT2D eigenvalue weighted by Crippen LogP contribution is 2.35. The van der Waals surface area contributed by atoms with Crippen molar-refractivity contribution in [2.75, 3.05) is 0 Å². The highest BCUT2D eigenvalue weighted by Gasteiger charge is 2.18. The van der Waals surface area contributed by atoms with Crippen molar-refractivity contribution < 1.29 is 4.92 Å². The average Bonchev–Trinajstić information content (AvgIpc) is 3.15. The van der Waals surface area contributed by atoms with E-state index in [1.165, 1.54) is 6.07 Å². The lowest BCUT2D eigenvalue weighted by atomic mass is 10.1. The van der Waals surface area contributed by atoms with Gasteiger partial charge in [0.05, 0.1) is 20.8 Å². The van der Waals surface area contributed by atoms with Crippen LogP contribution in [0.1, 0.15) is 0 Å². The maximum atomic E-state index is 11.3. The van der Waals surface area contributed by atoms with Crippen molar-refractivity contribution in [3.05, 3.63) is 93.4 Å². The van der Waals surface area contributed by atoms with Gasteiger partial charge in [0.1, 0.15) is 5.82 Å². The molecule has 132 valence electrons. The first kappa shape index (κ1) is 17.2. The molecule has 4 rings (SSSR count). The number of nitro groups is 1. The van der Waals surface area contributed by atoms with Gasteiger partial charge in [-0.05, 0) is 28.1 Å². The summed E-state index contributed by atoms with van der Waals surface area (Å²) in [5, 5.41) is 11.3. The Morgan fingerprint density at radius 2 is 1.48 bits per heavy atom. The first-order valence-corrected chi connectivity index (χ1v) is 9.08. The van der Waals surface area contributed by atoms with Gasteiger partial charge in [-0.2, -0.15) is 0 Å². The van der Waals surface area contributed by atoms with Crippen LogP contribution in [0.5, 0.6) is 0 Å². The maximum Gasteiger partial charge on any atom is 0.284 e. The molecule has 0 unspecified atom stereocenters. The van der Waals surface area contributed by atoms with Crippen molar-refractivity contribution in [2.24, 2.45) is 0 Å². The van der Waals surface area contributed by atoms with Gasteiger partial charge >= 0.3 is 0 Å². The number of halogens is 1. The number of rotatable bonds is 4. The maximum absolute atomic E-state index is 11.3. The molecule has 0 saturated heterocycles. The molecular formula is C21H14BrN3O2. The zero-order chi connectivity index (χ0) is 18.8. The number of aromatic nitrogens is 2. The van der Waals surface area contributed by atoms with E-state index in [4.69, 9.17) is 4.98 Å². The number of nitro benzene ring substituents is 1. The number of nitrogens with zero attached hydrogens (tertiary/aromatic N) is 2. The number of hydrogen-bond donors (Lipinski definition) is 1. The molecule has 0 aliphatic heterocycles. The summed E-state index contributed by atoms with van der Waals surface area (Å²) in [7, 11) is 0. The first-order valence-electron chi connectivity index (χ1n) is 8.28. The number of aromatic amines is 1. The summed E-state index contributed by atoms with van der Waals surface area (Å²) in [6, 6.07) is 24.8. The molecule has 1 aromatic heterocycles. The molecule has 0 radical (unpaired) electrons. The van der Waals surface area contributed by atoms with Crippen LogP contribution in [-0.2, 0) is 0 Å². The smallest absolute Gasteiger partial charge is 0.284 e. The van der Waals surface area contributed by atoms with Crippen molar-refractivity contribution >= 4 is 21.6 Å². The summed E-state index contributed by atoms with van der Waals surface area (Å²) in [5.41, 5.74) is 4.33. The molecule has 0 fully saturated rings. The third kappa shape index (κ3) is 3.39. The standard InChI is InChI=1S/C21H14BrN3O2/c22-17-12-11-16(13-18(17)25(26)27)21-23-19(14-7-3-1-4-8-14)20(24-21)15-9-5-2-6-10-15/h1-13H,(H,23,24). The van der Waals surface area contributed by atoms with Crippen LogP contribution in [0.3, 0.4) is 0 Å². The van der Waals surface area contributed by atoms with Crippen molar-refractivity contribution in [3.63, 3.8) is 0 Å². The van der Waals surface area contributed by atoms with Crippen LogP contribution in [0.2, 0.25) is 0 Å². The fourth-order valence-electron chi connectivity index (χ4n) is 2.93. The zero-order valence-electron chi connectivity index (χ0n) is 14.1. The third-order valence-corrected chi connectivity index (χ3v) is 4.90. The van der Waals surface area contributed by atoms with Crippen LogP contribution < -0.4 is 0 Å². The van der Waals surface area contributed by atoms with Gasteiger partial charge in [-0.15, -0.1) is 0 Å². The number of nitrogens with one attached hydrogen (secondary N) is 1. The molecule has 0 aliphatic carbocycles. The van der Waals surface area contributed by atoms with E-state index in [0.29, 0.717) is 15.9 Å². The van der Waals surface area contributed by atoms with Crippen molar-refractivity contribution in [1.82, 2.24) is 9.97 Å². The van der Waals surface area contributed by atoms with Crippen molar-refractivity contribution in [2.45, 2.75) is 0 Å². The predicted octanol–water partition coefficient (Wildman–Crippen LogP) is 6.08. The van der Waals surface area contributed by atoms with Crippen molar-refractivity contribution in [1.29, 1.82) is 0 Å². The molecule has 27 heavy (non-hydrogen) atoms. The van der Waals surface area contributed by atoms with Crippen LogP contribution in [0.25, 0.3) is 33.9 Å². The molecule has 0 aliphatic rings. The molecule has 0 atom stereocenters. The molecule has 1 N–H and O–H groups in total. The van der Waals surface area contributed by atoms with Gasteiger partial charge in [0.25, 0.3) is 5.69 Å². The number of H-pyrrole nitrogens is 1. The average molecular weight is 420 g/mol. The Bertz CT molecular complexity index is 1050. The summed E-state index contributed by atoms with van der Waals surface area (Å²) in [5.74, 6) is 0.586. The van der Waals surface area contributed by atoms with Gasteiger partial charge in [-0.25, -0.2) is 4.98 Å². The SMILES string of the molecule is O=[N+]([O-])c1cc(-c2nc(-c3ccccc3)c(-c3ccccc3)[nH]2)ccc1Br. The minimum Gasteiger partial charge on any atom is -0.337 e. The Morgan fingerprint density at radius 3 is 2.11 bits per heavy atom. The van der Waals surface area contributed by atoms with Crippen LogP contribution in [0.15, 0.2) is 83.3 Å². The van der Waals surface area contributed by atoms with Crippen LogP contribution in [0, 0.1) is 10.1 Å². The Labute approximate surface area is 164 Å². The van der Waals surface area contributed by atoms with Crippen molar-refractivity contribution in [3.8, 4) is 33.9 Å². The Balaban J connectivity index is 1.90. The van der Waals surface area contributed by atoms with Gasteiger partial charge in [0.15, 0.2) is 0 Å². The van der Waals surface area contributed by atoms with Crippen LogP contribution in [0.4, 0.5) is 5.69 Å². The molecule has 0 spiro atoms. The zero-order valence-corrected chi connectivity index (χ0v) is 15.7. The van der Waals surface area contributed by atoms with Gasteiger partial charge in [-0.3, -0.25) is 10.1 Å². The van der Waals surface area contributed by atoms with Gasteiger partial charge in [0.2, 0.25) is 0 Å². The Morgan fingerprint density at radius 1 is 0.852 bits per heavy atom. The van der Waals surface area contributed by atoms with E-state index in [-0.39, 0.29) is 5.69 Å². The largest absolute Gasteiger partial charge is 0.337 e. The van der Waals surface area contributed by atoms with Gasteiger partial charge in [0, 0.05) is 22.8 Å². The van der Waals surface area contributed by atoms with Crippen LogP contribution >= 0.6 is 15.9 Å². The molecule has 0 amide bonds. The summed E-state index contributed by atoms with van der Waals surface area (Å²) < 4.78 is 0.439. The summed E-state index contributed by atoms with van der Waals surface area (Å²) >= 11 is 3.22. The second-order valence-electron chi connectivity index (χ2n) is 5.96. The lowest BCUT2D eigenvalue weighted by Crippen LogP contribution is -1.91. The minimum atomic E-state index is -0.410. The number of hydrogen-bond acceptors (Lipinski definition) is 3. The van der Waals surface area contributed by atoms with E-state index in [2.05, 4.69) is 20.9 Å². The van der Waals surface area contributed by atoms with E-state index >= 15 is 0 Å². The highest BCUT2D eigenvalue weighted by atomic mass is 79.9. The van der Waals surface area contributed by atoms with E-state index in [9.17, 15) is 10.1 Å². The second-order valence-corrected chi connectivity index (χ2v) is 6.82. The normalized spacial score (nSPS) is 10.7. The van der Waals surface area contributed by atoms with E-state index in [1.807, 2.05) is 60.7 Å². The molecule has 4 aromatic rings. The van der Waals surface area contributed by atoms with Gasteiger partial charge in [-0.1, -0.05) is 60.7 Å². The van der Waals surface area contributed by atoms with Crippen LogP contribution in [-0.4, -0.2) is 14.9 Å². The van der Waals surface area contributed by atoms with E-state index in [0.717, 1.165) is 22.5 Å². The monoisotopic (exact) mass is 419 g/mol. The Hall–Kier alpha value is -3.25. The molecule has 0 bridgehead atoms. The summed E-state index contributed by atoms with van der Waals surface area (Å²) in [6.45, 7) is 0. The topological polar surface area (TPSA) is 71.8 Å². The van der Waals surface area contributed by atoms with E-state index < -0.39 is 4.92 Å². The first-order chi connectivity index (χ1) is 13.1. The molecule has 0 saturated carbocycles. The quantitative estimate of drug-likeness (QED) is 0.321. The minimum absolute atomic E-state index is 0.00595. The van der Waals surface area contributed by atoms with Gasteiger partial charge < -0.3 is 4.98 Å². The third-order valence-electron chi connectivity index (χ3n) is 4.23.